The van der Waals surface area contributed by atoms with Crippen molar-refractivity contribution >= 4 is 12.6 Å². The average Bonchev–Trinajstić information content (AvgIpc) is 1.61. The van der Waals surface area contributed by atoms with Crippen LogP contribution >= 0.6 is 12.6 Å². The van der Waals surface area contributed by atoms with Crippen molar-refractivity contribution in [3.05, 3.63) is 5.08 Å². The lowest BCUT2D eigenvalue weighted by Crippen LogP contribution is -2.04. The van der Waals surface area contributed by atoms with E-state index in [0.29, 0.717) is 12.3 Å². The molecule has 0 aliphatic heterocycles. The highest BCUT2D eigenvalue weighted by Gasteiger charge is 1.81. The molecule has 6 heavy (non-hydrogen) atoms. The second-order valence-corrected chi connectivity index (χ2v) is 1.18. The molecule has 1 N–H and O–H groups in total. The van der Waals surface area contributed by atoms with Gasteiger partial charge < -0.3 is 0 Å². The number of diazo groups is 1. The number of nitrogens with one attached hydrogen (secondary N) is 1. The number of hydrogen-bond acceptors (Lipinski definition) is 3. The molecule has 4 heteroatoms. The van der Waals surface area contributed by atoms with Crippen LogP contribution in [0.4, 0.5) is 0 Å². The summed E-state index contributed by atoms with van der Waals surface area (Å²) in [4.78, 5) is 0. The van der Waals surface area contributed by atoms with Crippen molar-refractivity contribution in [3.8, 4) is 0 Å². The lowest BCUT2D eigenvalue weighted by atomic mass is 10.8. The third kappa shape index (κ3) is 3.57. The SMILES string of the molecule is N#[N+]NCCS. The van der Waals surface area contributed by atoms with Gasteiger partial charge in [0.2, 0.25) is 0 Å². The minimum absolute atomic E-state index is 0.611. The molecule has 0 heterocycles. The molecule has 0 aromatic rings. The third-order valence-corrected chi connectivity index (χ3v) is 0.518. The summed E-state index contributed by atoms with van der Waals surface area (Å²) in [5.41, 5.74) is 2.30. The van der Waals surface area contributed by atoms with E-state index in [1.807, 2.05) is 0 Å². The normalized spacial score (nSPS) is 6.67. The van der Waals surface area contributed by atoms with E-state index in [0.717, 1.165) is 0 Å². The predicted octanol–water partition coefficient (Wildman–Crippen LogP) is 0.274. The fourth-order valence-corrected chi connectivity index (χ4v) is 0.200. The van der Waals surface area contributed by atoms with Crippen LogP contribution in [0.25, 0.3) is 5.08 Å². The minimum Gasteiger partial charge on any atom is -0.177 e. The molecule has 0 aliphatic carbocycles. The Morgan fingerprint density at radius 3 is 2.67 bits per heavy atom. The van der Waals surface area contributed by atoms with Crippen molar-refractivity contribution in [3.63, 3.8) is 0 Å². The topological polar surface area (TPSA) is 40.2 Å². The zero-order chi connectivity index (χ0) is 4.83. The molecule has 0 aromatic carbocycles. The van der Waals surface area contributed by atoms with Gasteiger partial charge in [0, 0.05) is 5.75 Å². The van der Waals surface area contributed by atoms with Crippen LogP contribution in [0, 0.1) is 5.39 Å². The van der Waals surface area contributed by atoms with Crippen LogP contribution in [0.3, 0.4) is 0 Å². The van der Waals surface area contributed by atoms with Crippen LogP contribution in [-0.4, -0.2) is 12.3 Å². The Morgan fingerprint density at radius 1 is 1.83 bits per heavy atom. The molecule has 0 saturated carbocycles. The molecule has 0 spiro atoms. The van der Waals surface area contributed by atoms with Gasteiger partial charge >= 0.3 is 5.08 Å². The Morgan fingerprint density at radius 2 is 2.50 bits per heavy atom. The van der Waals surface area contributed by atoms with Crippen molar-refractivity contribution < 1.29 is 0 Å². The number of thiol groups is 1. The van der Waals surface area contributed by atoms with E-state index in [9.17, 15) is 0 Å². The summed E-state index contributed by atoms with van der Waals surface area (Å²) < 4.78 is 0. The maximum Gasteiger partial charge on any atom is 0.302 e. The largest absolute Gasteiger partial charge is 0.302 e. The van der Waals surface area contributed by atoms with E-state index >= 15 is 0 Å². The van der Waals surface area contributed by atoms with Gasteiger partial charge in [0.25, 0.3) is 5.39 Å². The Hall–Kier alpha value is -0.430. The second-order valence-electron chi connectivity index (χ2n) is 0.732. The van der Waals surface area contributed by atoms with Gasteiger partial charge in [-0.05, 0) is 5.43 Å². The Bertz CT molecular complexity index is 56.3. The minimum atomic E-state index is 0.611. The first-order valence-corrected chi connectivity index (χ1v) is 2.23. The average molecular weight is 104 g/mol. The van der Waals surface area contributed by atoms with Crippen LogP contribution in [0.1, 0.15) is 0 Å². The molecule has 0 amide bonds. The molecular weight excluding hydrogens is 98.1 g/mol. The Labute approximate surface area is 41.7 Å². The van der Waals surface area contributed by atoms with Crippen LogP contribution in [0.5, 0.6) is 0 Å². The summed E-state index contributed by atoms with van der Waals surface area (Å²) in [6, 6.07) is 0. The van der Waals surface area contributed by atoms with Crippen molar-refractivity contribution in [1.82, 2.24) is 5.43 Å². The number of hydrogen-bond donors (Lipinski definition) is 2. The van der Waals surface area contributed by atoms with E-state index in [-0.39, 0.29) is 0 Å². The van der Waals surface area contributed by atoms with Crippen molar-refractivity contribution in [2.24, 2.45) is 0 Å². The third-order valence-electron chi connectivity index (χ3n) is 0.294. The zero-order valence-corrected chi connectivity index (χ0v) is 4.15. The van der Waals surface area contributed by atoms with Gasteiger partial charge in [0.15, 0.2) is 0 Å². The van der Waals surface area contributed by atoms with E-state index in [1.54, 1.807) is 0 Å². The van der Waals surface area contributed by atoms with Gasteiger partial charge in [-0.2, -0.15) is 12.6 Å². The van der Waals surface area contributed by atoms with Crippen molar-refractivity contribution in [2.45, 2.75) is 0 Å². The molecule has 0 rings (SSSR count). The summed E-state index contributed by atoms with van der Waals surface area (Å²) in [7, 11) is 0. The summed E-state index contributed by atoms with van der Waals surface area (Å²) in [6.07, 6.45) is 0. The molecular formula is C2H6N3S+. The molecule has 0 aromatic heterocycles. The van der Waals surface area contributed by atoms with Gasteiger partial charge in [0.05, 0.1) is 6.54 Å². The number of nitrogens with zero attached hydrogens (tertiary/aromatic N) is 2. The standard InChI is InChI=1S/C2H5N3S/c3-5-4-1-2-6/h4H,1-2H2/p+1. The smallest absolute Gasteiger partial charge is 0.177 e. The molecule has 0 atom stereocenters. The van der Waals surface area contributed by atoms with Crippen LogP contribution in [-0.2, 0) is 0 Å². The first-order chi connectivity index (χ1) is 2.91. The summed E-state index contributed by atoms with van der Waals surface area (Å²) >= 11 is 3.82. The van der Waals surface area contributed by atoms with Crippen molar-refractivity contribution in [2.75, 3.05) is 12.3 Å². The van der Waals surface area contributed by atoms with Crippen LogP contribution < -0.4 is 5.43 Å². The molecule has 34 valence electrons. The lowest BCUT2D eigenvalue weighted by molar-refractivity contribution is 0.899. The summed E-state index contributed by atoms with van der Waals surface area (Å²) in [5.74, 6) is 0.685. The van der Waals surface area contributed by atoms with E-state index in [4.69, 9.17) is 5.39 Å². The van der Waals surface area contributed by atoms with Gasteiger partial charge in [-0.25, -0.2) is 0 Å². The van der Waals surface area contributed by atoms with Crippen LogP contribution in [0.15, 0.2) is 0 Å². The molecule has 0 radical (unpaired) electrons. The quantitative estimate of drug-likeness (QED) is 0.228. The second kappa shape index (κ2) is 4.57. The molecule has 0 bridgehead atoms. The lowest BCUT2D eigenvalue weighted by Gasteiger charge is -1.71. The van der Waals surface area contributed by atoms with E-state index in [1.165, 1.54) is 0 Å². The molecule has 0 fully saturated rings. The molecule has 0 unspecified atom stereocenters. The zero-order valence-electron chi connectivity index (χ0n) is 3.26. The fraction of sp³-hybridized carbons (Fsp3) is 1.00. The highest BCUT2D eigenvalue weighted by atomic mass is 32.1. The van der Waals surface area contributed by atoms with E-state index < -0.39 is 0 Å². The van der Waals surface area contributed by atoms with Gasteiger partial charge in [-0.3, -0.25) is 0 Å². The highest BCUT2D eigenvalue weighted by molar-refractivity contribution is 7.80. The van der Waals surface area contributed by atoms with E-state index in [2.05, 4.69) is 23.1 Å². The monoisotopic (exact) mass is 104 g/mol. The fourth-order valence-electron chi connectivity index (χ4n) is 0.1000. The van der Waals surface area contributed by atoms with Crippen LogP contribution in [0.2, 0.25) is 0 Å². The molecule has 3 nitrogen and oxygen atoms in total. The highest BCUT2D eigenvalue weighted by Crippen LogP contribution is 1.65. The first-order valence-electron chi connectivity index (χ1n) is 1.59. The molecule has 0 saturated heterocycles. The number of rotatable bonds is 2. The predicted molar refractivity (Wildman–Crippen MR) is 26.9 cm³/mol. The Kier molecular flexibility index (Phi) is 4.24. The maximum absolute atomic E-state index is 7.68. The first kappa shape index (κ1) is 5.57. The molecule has 0 aliphatic rings. The van der Waals surface area contributed by atoms with Gasteiger partial charge in [-0.15, -0.1) is 0 Å². The van der Waals surface area contributed by atoms with Gasteiger partial charge in [-0.1, -0.05) is 0 Å². The van der Waals surface area contributed by atoms with Gasteiger partial charge in [0.1, 0.15) is 0 Å². The maximum atomic E-state index is 7.68. The summed E-state index contributed by atoms with van der Waals surface area (Å²) in [5, 5.41) is 10.3. The van der Waals surface area contributed by atoms with Crippen molar-refractivity contribution in [1.29, 1.82) is 5.39 Å². The Balaban J connectivity index is 2.54. The summed E-state index contributed by atoms with van der Waals surface area (Å²) in [6.45, 7) is 0.611.